The van der Waals surface area contributed by atoms with Crippen molar-refractivity contribution in [2.24, 2.45) is 11.8 Å². The predicted molar refractivity (Wildman–Crippen MR) is 224 cm³/mol. The van der Waals surface area contributed by atoms with Gasteiger partial charge in [-0.15, -0.1) is 0 Å². The molecule has 0 fully saturated rings. The van der Waals surface area contributed by atoms with Crippen LogP contribution in [0.2, 0.25) is 0 Å². The Hall–Kier alpha value is -1.59. The quantitative estimate of drug-likeness (QED) is 0.0352. The van der Waals surface area contributed by atoms with Crippen LogP contribution in [0.15, 0.2) is 0 Å². The van der Waals surface area contributed by atoms with Crippen LogP contribution in [0, 0.1) is 11.8 Å². The number of unbranched alkanes of at least 4 members (excludes halogenated alkanes) is 26. The topological polar surface area (TPSA) is 78.9 Å². The number of ether oxygens (including phenoxy) is 3. The van der Waals surface area contributed by atoms with E-state index in [0.29, 0.717) is 19.3 Å². The molecule has 0 saturated carbocycles. The Morgan fingerprint density at radius 2 is 0.623 bits per heavy atom. The molecule has 1 atom stereocenters. The molecule has 0 aliphatic carbocycles. The lowest BCUT2D eigenvalue weighted by atomic mass is 10.0. The maximum atomic E-state index is 12.6. The summed E-state index contributed by atoms with van der Waals surface area (Å²) in [5.41, 5.74) is 0. The molecule has 0 aliphatic rings. The van der Waals surface area contributed by atoms with Gasteiger partial charge in [-0.2, -0.15) is 0 Å². The molecule has 0 aromatic heterocycles. The zero-order chi connectivity index (χ0) is 39.0. The molecular formula is C47H90O6. The fourth-order valence-corrected chi connectivity index (χ4v) is 6.93. The minimum atomic E-state index is -0.759. The van der Waals surface area contributed by atoms with Crippen molar-refractivity contribution >= 4 is 17.9 Å². The Bertz CT molecular complexity index is 809. The van der Waals surface area contributed by atoms with Crippen molar-refractivity contribution in [3.8, 4) is 0 Å². The lowest BCUT2D eigenvalue weighted by Crippen LogP contribution is -2.30. The van der Waals surface area contributed by atoms with Gasteiger partial charge in [0.1, 0.15) is 13.2 Å². The number of rotatable bonds is 41. The van der Waals surface area contributed by atoms with E-state index >= 15 is 0 Å². The molecule has 0 radical (unpaired) electrons. The fourth-order valence-electron chi connectivity index (χ4n) is 6.93. The highest BCUT2D eigenvalue weighted by atomic mass is 16.6. The Balaban J connectivity index is 4.19. The number of esters is 3. The second kappa shape index (κ2) is 40.1. The Morgan fingerprint density at radius 3 is 0.925 bits per heavy atom. The highest BCUT2D eigenvalue weighted by Gasteiger charge is 2.19. The van der Waals surface area contributed by atoms with Crippen molar-refractivity contribution in [3.05, 3.63) is 0 Å². The minimum absolute atomic E-state index is 0.0653. The van der Waals surface area contributed by atoms with Crippen LogP contribution < -0.4 is 0 Å². The normalized spacial score (nSPS) is 12.1. The summed E-state index contributed by atoms with van der Waals surface area (Å²) in [6, 6.07) is 0. The second-order valence-electron chi connectivity index (χ2n) is 17.0. The largest absolute Gasteiger partial charge is 0.462 e. The highest BCUT2D eigenvalue weighted by Crippen LogP contribution is 2.17. The molecule has 6 heteroatoms. The van der Waals surface area contributed by atoms with Crippen LogP contribution in [-0.4, -0.2) is 37.2 Å². The molecule has 0 aliphatic heterocycles. The molecule has 0 spiro atoms. The van der Waals surface area contributed by atoms with Gasteiger partial charge in [-0.25, -0.2) is 0 Å². The average molecular weight is 751 g/mol. The number of carbonyl (C=O) groups is 3. The number of carbonyl (C=O) groups excluding carboxylic acids is 3. The molecule has 0 heterocycles. The van der Waals surface area contributed by atoms with Gasteiger partial charge in [0.15, 0.2) is 6.10 Å². The minimum Gasteiger partial charge on any atom is -0.462 e. The van der Waals surface area contributed by atoms with Crippen LogP contribution in [0.25, 0.3) is 0 Å². The summed E-state index contributed by atoms with van der Waals surface area (Å²) in [5, 5.41) is 0. The number of hydrogen-bond acceptors (Lipinski definition) is 6. The molecule has 6 nitrogen and oxygen atoms in total. The van der Waals surface area contributed by atoms with E-state index in [2.05, 4.69) is 34.6 Å². The number of hydrogen-bond donors (Lipinski definition) is 0. The molecule has 0 aromatic carbocycles. The fraction of sp³-hybridized carbons (Fsp3) is 0.936. The molecule has 53 heavy (non-hydrogen) atoms. The van der Waals surface area contributed by atoms with Crippen LogP contribution in [-0.2, 0) is 28.6 Å². The molecular weight excluding hydrogens is 661 g/mol. The van der Waals surface area contributed by atoms with E-state index in [1.165, 1.54) is 141 Å². The van der Waals surface area contributed by atoms with Crippen molar-refractivity contribution in [2.45, 2.75) is 259 Å². The monoisotopic (exact) mass is 751 g/mol. The molecule has 0 bridgehead atoms. The van der Waals surface area contributed by atoms with Crippen LogP contribution in [0.1, 0.15) is 253 Å². The zero-order valence-electron chi connectivity index (χ0n) is 36.1. The summed E-state index contributed by atoms with van der Waals surface area (Å²) in [6.07, 6.45) is 38.2. The van der Waals surface area contributed by atoms with Crippen LogP contribution >= 0.6 is 0 Å². The standard InChI is InChI=1S/C47H90O6/c1-6-7-8-9-20-29-34-39-47(50)53-44(41-52-46(49)38-33-28-24-19-18-22-26-31-36-43(4)5)40-51-45(48)37-32-27-23-17-15-13-11-10-12-14-16-21-25-30-35-42(2)3/h42-44H,6-41H2,1-5H3/t44-/m1/s1. The average Bonchev–Trinajstić information content (AvgIpc) is 3.12. The van der Waals surface area contributed by atoms with Gasteiger partial charge in [0.05, 0.1) is 0 Å². The second-order valence-corrected chi connectivity index (χ2v) is 17.0. The third kappa shape index (κ3) is 41.4. The first-order chi connectivity index (χ1) is 25.7. The van der Waals surface area contributed by atoms with Gasteiger partial charge in [0, 0.05) is 19.3 Å². The summed E-state index contributed by atoms with van der Waals surface area (Å²) in [7, 11) is 0. The van der Waals surface area contributed by atoms with Crippen molar-refractivity contribution in [2.75, 3.05) is 13.2 Å². The van der Waals surface area contributed by atoms with E-state index in [4.69, 9.17) is 14.2 Å². The van der Waals surface area contributed by atoms with Crippen molar-refractivity contribution in [3.63, 3.8) is 0 Å². The summed E-state index contributed by atoms with van der Waals surface area (Å²) in [5.74, 6) is 0.778. The van der Waals surface area contributed by atoms with E-state index in [0.717, 1.165) is 69.6 Å². The first kappa shape index (κ1) is 51.4. The maximum Gasteiger partial charge on any atom is 0.306 e. The summed E-state index contributed by atoms with van der Waals surface area (Å²) >= 11 is 0. The van der Waals surface area contributed by atoms with Gasteiger partial charge in [-0.05, 0) is 31.1 Å². The summed E-state index contributed by atoms with van der Waals surface area (Å²) < 4.78 is 16.7. The Morgan fingerprint density at radius 1 is 0.358 bits per heavy atom. The third-order valence-corrected chi connectivity index (χ3v) is 10.5. The molecule has 0 unspecified atom stereocenters. The smallest absolute Gasteiger partial charge is 0.306 e. The van der Waals surface area contributed by atoms with Gasteiger partial charge in [-0.1, -0.05) is 214 Å². The van der Waals surface area contributed by atoms with Gasteiger partial charge in [0.25, 0.3) is 0 Å². The van der Waals surface area contributed by atoms with Crippen LogP contribution in [0.3, 0.4) is 0 Å². The molecule has 0 saturated heterocycles. The summed E-state index contributed by atoms with van der Waals surface area (Å²) in [6.45, 7) is 11.3. The van der Waals surface area contributed by atoms with E-state index in [1.807, 2.05) is 0 Å². The molecule has 0 rings (SSSR count). The van der Waals surface area contributed by atoms with E-state index in [9.17, 15) is 14.4 Å². The van der Waals surface area contributed by atoms with Gasteiger partial charge in [-0.3, -0.25) is 14.4 Å². The third-order valence-electron chi connectivity index (χ3n) is 10.5. The van der Waals surface area contributed by atoms with Crippen LogP contribution in [0.5, 0.6) is 0 Å². The lowest BCUT2D eigenvalue weighted by molar-refractivity contribution is -0.167. The van der Waals surface area contributed by atoms with Crippen molar-refractivity contribution in [1.29, 1.82) is 0 Å². The summed E-state index contributed by atoms with van der Waals surface area (Å²) in [4.78, 5) is 37.6. The molecule has 0 amide bonds. The molecule has 0 aromatic rings. The first-order valence-corrected chi connectivity index (χ1v) is 23.2. The van der Waals surface area contributed by atoms with Gasteiger partial charge < -0.3 is 14.2 Å². The van der Waals surface area contributed by atoms with Crippen molar-refractivity contribution in [1.82, 2.24) is 0 Å². The van der Waals surface area contributed by atoms with Crippen molar-refractivity contribution < 1.29 is 28.6 Å². The Kier molecular flexibility index (Phi) is 38.9. The predicted octanol–water partition coefficient (Wildman–Crippen LogP) is 14.6. The van der Waals surface area contributed by atoms with E-state index in [1.54, 1.807) is 0 Å². The molecule has 0 N–H and O–H groups in total. The zero-order valence-corrected chi connectivity index (χ0v) is 36.1. The van der Waals surface area contributed by atoms with E-state index in [-0.39, 0.29) is 31.1 Å². The first-order valence-electron chi connectivity index (χ1n) is 23.2. The van der Waals surface area contributed by atoms with Gasteiger partial charge in [0.2, 0.25) is 0 Å². The lowest BCUT2D eigenvalue weighted by Gasteiger charge is -2.18. The Labute approximate surface area is 329 Å². The van der Waals surface area contributed by atoms with Gasteiger partial charge >= 0.3 is 17.9 Å². The molecule has 314 valence electrons. The van der Waals surface area contributed by atoms with Crippen LogP contribution in [0.4, 0.5) is 0 Å². The van der Waals surface area contributed by atoms with E-state index < -0.39 is 6.10 Å². The maximum absolute atomic E-state index is 12.6. The highest BCUT2D eigenvalue weighted by molar-refractivity contribution is 5.71. The SMILES string of the molecule is CCCCCCCCCC(=O)O[C@H](COC(=O)CCCCCCCCCCCCCCCCC(C)C)COC(=O)CCCCCCCCCCC(C)C.